The largest absolute Gasteiger partial charge is 0.476 e. The summed E-state index contributed by atoms with van der Waals surface area (Å²) in [5.41, 5.74) is 1.61. The van der Waals surface area contributed by atoms with Crippen LogP contribution in [0, 0.1) is 5.92 Å². The van der Waals surface area contributed by atoms with Crippen LogP contribution >= 0.6 is 0 Å². The average molecular weight is 355 g/mol. The first-order valence-corrected chi connectivity index (χ1v) is 8.89. The summed E-state index contributed by atoms with van der Waals surface area (Å²) in [4.78, 5) is 21.3. The highest BCUT2D eigenvalue weighted by Crippen LogP contribution is 2.35. The first kappa shape index (κ1) is 18.2. The van der Waals surface area contributed by atoms with Crippen molar-refractivity contribution in [3.8, 4) is 11.3 Å². The highest BCUT2D eigenvalue weighted by molar-refractivity contribution is 6.00. The number of aromatic amines is 1. The van der Waals surface area contributed by atoms with Gasteiger partial charge in [-0.2, -0.15) is 0 Å². The Morgan fingerprint density at radius 3 is 2.73 bits per heavy atom. The summed E-state index contributed by atoms with van der Waals surface area (Å²) in [5, 5.41) is 10.6. The van der Waals surface area contributed by atoms with Crippen molar-refractivity contribution in [1.29, 1.82) is 0 Å². The Bertz CT molecular complexity index is 910. The molecule has 0 aliphatic carbocycles. The molecule has 26 heavy (non-hydrogen) atoms. The van der Waals surface area contributed by atoms with Crippen LogP contribution in [-0.4, -0.2) is 40.0 Å². The van der Waals surface area contributed by atoms with Crippen molar-refractivity contribution in [2.75, 3.05) is 14.1 Å². The van der Waals surface area contributed by atoms with Crippen molar-refractivity contribution in [1.82, 2.24) is 14.9 Å². The molecule has 0 radical (unpaired) electrons. The number of benzene rings is 1. The number of carboxylic acids is 1. The van der Waals surface area contributed by atoms with E-state index in [1.54, 1.807) is 6.20 Å². The molecule has 3 rings (SSSR count). The summed E-state index contributed by atoms with van der Waals surface area (Å²) in [7, 11) is 3.92. The van der Waals surface area contributed by atoms with E-state index in [1.165, 1.54) is 0 Å². The minimum absolute atomic E-state index is 0.0410. The van der Waals surface area contributed by atoms with Gasteiger partial charge in [0, 0.05) is 22.7 Å². The third kappa shape index (κ3) is 3.37. The van der Waals surface area contributed by atoms with Crippen LogP contribution < -0.4 is 0 Å². The first-order valence-electron chi connectivity index (χ1n) is 8.89. The fourth-order valence-electron chi connectivity index (χ4n) is 3.15. The topological polar surface area (TPSA) is 82.4 Å². The summed E-state index contributed by atoms with van der Waals surface area (Å²) in [6.07, 6.45) is 3.68. The molecule has 3 aromatic rings. The Kier molecular flexibility index (Phi) is 5.13. The molecule has 0 spiro atoms. The highest BCUT2D eigenvalue weighted by Gasteiger charge is 2.28. The number of carboxylic acid groups (broad SMARTS) is 1. The summed E-state index contributed by atoms with van der Waals surface area (Å²) >= 11 is 0. The van der Waals surface area contributed by atoms with E-state index in [1.807, 2.05) is 43.3 Å². The Hall–Kier alpha value is -2.60. The predicted molar refractivity (Wildman–Crippen MR) is 101 cm³/mol. The second-order valence-corrected chi connectivity index (χ2v) is 7.01. The quantitative estimate of drug-likeness (QED) is 0.649. The second-order valence-electron chi connectivity index (χ2n) is 7.01. The molecular weight excluding hydrogens is 330 g/mol. The van der Waals surface area contributed by atoms with Gasteiger partial charge in [-0.15, -0.1) is 0 Å². The lowest BCUT2D eigenvalue weighted by atomic mass is 9.98. The molecule has 2 atom stereocenters. The van der Waals surface area contributed by atoms with Gasteiger partial charge in [0.2, 0.25) is 5.89 Å². The molecule has 0 aliphatic rings. The van der Waals surface area contributed by atoms with Crippen molar-refractivity contribution in [3.63, 3.8) is 0 Å². The van der Waals surface area contributed by atoms with Crippen molar-refractivity contribution < 1.29 is 14.3 Å². The van der Waals surface area contributed by atoms with Gasteiger partial charge >= 0.3 is 5.97 Å². The van der Waals surface area contributed by atoms with E-state index in [9.17, 15) is 9.90 Å². The van der Waals surface area contributed by atoms with Crippen LogP contribution in [0.25, 0.3) is 22.2 Å². The summed E-state index contributed by atoms with van der Waals surface area (Å²) in [5.74, 6) is 0.161. The lowest BCUT2D eigenvalue weighted by Gasteiger charge is -2.23. The second kappa shape index (κ2) is 7.33. The van der Waals surface area contributed by atoms with Gasteiger partial charge in [-0.3, -0.25) is 4.90 Å². The molecule has 0 unspecified atom stereocenters. The monoisotopic (exact) mass is 355 g/mol. The minimum atomic E-state index is -1.08. The maximum absolute atomic E-state index is 11.8. The van der Waals surface area contributed by atoms with E-state index in [0.29, 0.717) is 17.6 Å². The average Bonchev–Trinajstić information content (AvgIpc) is 3.23. The number of aromatic nitrogens is 2. The zero-order valence-corrected chi connectivity index (χ0v) is 15.6. The molecule has 0 saturated heterocycles. The van der Waals surface area contributed by atoms with Gasteiger partial charge in [0.25, 0.3) is 0 Å². The van der Waals surface area contributed by atoms with Gasteiger partial charge in [0.05, 0.1) is 6.04 Å². The standard InChI is InChI=1S/C20H25N3O3/c1-5-12(2)10-16(23(3)4)19-22-17(20(24)25)18(26-19)14-11-21-15-9-7-6-8-13(14)15/h6-9,11-12,16,21H,5,10H2,1-4H3,(H,24,25)/t12-,16-/m0/s1. The number of nitrogens with one attached hydrogen (secondary N) is 1. The fourth-order valence-corrected chi connectivity index (χ4v) is 3.15. The number of oxazole rings is 1. The highest BCUT2D eigenvalue weighted by atomic mass is 16.4. The number of rotatable bonds is 7. The lowest BCUT2D eigenvalue weighted by molar-refractivity contribution is 0.0691. The van der Waals surface area contributed by atoms with Crippen molar-refractivity contribution in [2.24, 2.45) is 5.92 Å². The van der Waals surface area contributed by atoms with Gasteiger partial charge in [0.15, 0.2) is 11.5 Å². The van der Waals surface area contributed by atoms with E-state index < -0.39 is 5.97 Å². The zero-order valence-electron chi connectivity index (χ0n) is 15.6. The van der Waals surface area contributed by atoms with Crippen LogP contribution in [0.4, 0.5) is 0 Å². The molecule has 6 heteroatoms. The van der Waals surface area contributed by atoms with Crippen LogP contribution in [0.3, 0.4) is 0 Å². The number of para-hydroxylation sites is 1. The van der Waals surface area contributed by atoms with E-state index in [-0.39, 0.29) is 11.7 Å². The summed E-state index contributed by atoms with van der Waals surface area (Å²) < 4.78 is 6.04. The number of fused-ring (bicyclic) bond motifs is 1. The molecule has 0 amide bonds. The predicted octanol–water partition coefficient (Wildman–Crippen LogP) is 4.56. The van der Waals surface area contributed by atoms with Crippen molar-refractivity contribution >= 4 is 16.9 Å². The first-order chi connectivity index (χ1) is 12.4. The SMILES string of the molecule is CC[C@H](C)C[C@@H](c1nc(C(=O)O)c(-c2c[nH]c3ccccc23)o1)N(C)C. The Morgan fingerprint density at radius 1 is 1.35 bits per heavy atom. The van der Waals surface area contributed by atoms with E-state index >= 15 is 0 Å². The molecule has 1 aromatic carbocycles. The number of H-pyrrole nitrogens is 1. The molecule has 2 N–H and O–H groups in total. The van der Waals surface area contributed by atoms with Gasteiger partial charge in [-0.05, 0) is 32.5 Å². The maximum Gasteiger partial charge on any atom is 0.358 e. The Morgan fingerprint density at radius 2 is 2.08 bits per heavy atom. The van der Waals surface area contributed by atoms with E-state index in [4.69, 9.17) is 4.42 Å². The van der Waals surface area contributed by atoms with Crippen LogP contribution in [0.5, 0.6) is 0 Å². The molecule has 0 fully saturated rings. The van der Waals surface area contributed by atoms with Crippen LogP contribution in [-0.2, 0) is 0 Å². The van der Waals surface area contributed by atoms with Crippen LogP contribution in [0.2, 0.25) is 0 Å². The molecular formula is C20H25N3O3. The lowest BCUT2D eigenvalue weighted by Crippen LogP contribution is -2.22. The third-order valence-corrected chi connectivity index (χ3v) is 4.91. The van der Waals surface area contributed by atoms with Gasteiger partial charge in [-0.1, -0.05) is 38.5 Å². The molecule has 0 bridgehead atoms. The number of carbonyl (C=O) groups is 1. The van der Waals surface area contributed by atoms with Crippen molar-refractivity contribution in [2.45, 2.75) is 32.7 Å². The van der Waals surface area contributed by atoms with Gasteiger partial charge < -0.3 is 14.5 Å². The van der Waals surface area contributed by atoms with Gasteiger partial charge in [0.1, 0.15) is 0 Å². The minimum Gasteiger partial charge on any atom is -0.476 e. The van der Waals surface area contributed by atoms with Crippen LogP contribution in [0.15, 0.2) is 34.9 Å². The number of aromatic carboxylic acids is 1. The van der Waals surface area contributed by atoms with Gasteiger partial charge in [-0.25, -0.2) is 9.78 Å². The number of hydrogen-bond donors (Lipinski definition) is 2. The third-order valence-electron chi connectivity index (χ3n) is 4.91. The molecule has 0 saturated carbocycles. The Balaban J connectivity index is 2.10. The van der Waals surface area contributed by atoms with E-state index in [0.717, 1.165) is 29.3 Å². The van der Waals surface area contributed by atoms with Crippen molar-refractivity contribution in [3.05, 3.63) is 42.0 Å². The summed E-state index contributed by atoms with van der Waals surface area (Å²) in [6.45, 7) is 4.32. The fraction of sp³-hybridized carbons (Fsp3) is 0.400. The molecule has 6 nitrogen and oxygen atoms in total. The molecule has 138 valence electrons. The normalized spacial score (nSPS) is 14.0. The Labute approximate surface area is 152 Å². The summed E-state index contributed by atoms with van der Waals surface area (Å²) in [6, 6.07) is 7.67. The number of nitrogens with zero attached hydrogens (tertiary/aromatic N) is 2. The van der Waals surface area contributed by atoms with E-state index in [2.05, 4.69) is 23.8 Å². The maximum atomic E-state index is 11.8. The smallest absolute Gasteiger partial charge is 0.358 e. The molecule has 2 aromatic heterocycles. The molecule has 0 aliphatic heterocycles. The molecule has 2 heterocycles. The van der Waals surface area contributed by atoms with Crippen LogP contribution in [0.1, 0.15) is 49.1 Å². The zero-order chi connectivity index (χ0) is 18.8. The number of hydrogen-bond acceptors (Lipinski definition) is 4.